The summed E-state index contributed by atoms with van der Waals surface area (Å²) in [5, 5.41) is 20.8. The number of hydrogen-bond donors (Lipinski definition) is 3. The minimum absolute atomic E-state index is 0.133. The predicted molar refractivity (Wildman–Crippen MR) is 65.7 cm³/mol. The van der Waals surface area contributed by atoms with Gasteiger partial charge in [0.2, 0.25) is 0 Å². The molecule has 7 heteroatoms. The summed E-state index contributed by atoms with van der Waals surface area (Å²) >= 11 is 0. The van der Waals surface area contributed by atoms with E-state index in [1.165, 1.54) is 0 Å². The number of hydroxylamine groups is 2. The summed E-state index contributed by atoms with van der Waals surface area (Å²) < 4.78 is 4.87. The SMILES string of the molecule is CN(O)C(=O)NCC(O)COC(=O)c1ccccc1. The van der Waals surface area contributed by atoms with Crippen LogP contribution in [-0.2, 0) is 4.74 Å². The molecule has 1 rings (SSSR count). The summed E-state index contributed by atoms with van der Waals surface area (Å²) in [5.74, 6) is -0.551. The second-order valence-electron chi connectivity index (χ2n) is 3.83. The molecule has 19 heavy (non-hydrogen) atoms. The Morgan fingerprint density at radius 1 is 1.37 bits per heavy atom. The van der Waals surface area contributed by atoms with Crippen molar-refractivity contribution in [3.8, 4) is 0 Å². The number of benzene rings is 1. The van der Waals surface area contributed by atoms with E-state index in [-0.39, 0.29) is 13.2 Å². The number of nitrogens with zero attached hydrogens (tertiary/aromatic N) is 1. The van der Waals surface area contributed by atoms with Gasteiger partial charge in [0.15, 0.2) is 0 Å². The van der Waals surface area contributed by atoms with Crippen LogP contribution in [-0.4, -0.2) is 53.7 Å². The van der Waals surface area contributed by atoms with E-state index in [2.05, 4.69) is 5.32 Å². The molecule has 0 aliphatic heterocycles. The van der Waals surface area contributed by atoms with Gasteiger partial charge in [-0.15, -0.1) is 0 Å². The Morgan fingerprint density at radius 2 is 2.00 bits per heavy atom. The van der Waals surface area contributed by atoms with E-state index in [9.17, 15) is 14.7 Å². The Bertz CT molecular complexity index is 421. The normalized spacial score (nSPS) is 11.5. The number of aliphatic hydroxyl groups excluding tert-OH is 1. The van der Waals surface area contributed by atoms with Crippen LogP contribution >= 0.6 is 0 Å². The highest BCUT2D eigenvalue weighted by Crippen LogP contribution is 2.01. The fourth-order valence-electron chi connectivity index (χ4n) is 1.21. The fourth-order valence-corrected chi connectivity index (χ4v) is 1.21. The molecule has 1 aromatic rings. The first-order valence-electron chi connectivity index (χ1n) is 5.61. The zero-order chi connectivity index (χ0) is 14.3. The summed E-state index contributed by atoms with van der Waals surface area (Å²) in [6.45, 7) is -0.380. The van der Waals surface area contributed by atoms with Crippen molar-refractivity contribution in [2.75, 3.05) is 20.2 Å². The highest BCUT2D eigenvalue weighted by molar-refractivity contribution is 5.89. The maximum atomic E-state index is 11.5. The summed E-state index contributed by atoms with van der Waals surface area (Å²) in [6.07, 6.45) is -1.04. The number of nitrogens with one attached hydrogen (secondary N) is 1. The smallest absolute Gasteiger partial charge is 0.340 e. The zero-order valence-electron chi connectivity index (χ0n) is 10.4. The van der Waals surface area contributed by atoms with Crippen LogP contribution < -0.4 is 5.32 Å². The zero-order valence-corrected chi connectivity index (χ0v) is 10.4. The van der Waals surface area contributed by atoms with Gasteiger partial charge in [0, 0.05) is 13.6 Å². The van der Waals surface area contributed by atoms with E-state index in [1.54, 1.807) is 30.3 Å². The first-order chi connectivity index (χ1) is 9.00. The molecule has 0 aromatic heterocycles. The second-order valence-corrected chi connectivity index (χ2v) is 3.83. The molecule has 7 nitrogen and oxygen atoms in total. The van der Waals surface area contributed by atoms with E-state index >= 15 is 0 Å². The summed E-state index contributed by atoms with van der Waals surface area (Å²) in [4.78, 5) is 22.5. The molecular weight excluding hydrogens is 252 g/mol. The molecular formula is C12H16N2O5. The number of urea groups is 1. The molecule has 3 N–H and O–H groups in total. The molecule has 0 saturated carbocycles. The maximum Gasteiger partial charge on any atom is 0.340 e. The predicted octanol–water partition coefficient (Wildman–Crippen LogP) is 0.235. The molecule has 0 heterocycles. The van der Waals surface area contributed by atoms with Crippen LogP contribution in [0, 0.1) is 0 Å². The van der Waals surface area contributed by atoms with Gasteiger partial charge in [-0.1, -0.05) is 18.2 Å². The van der Waals surface area contributed by atoms with Crippen molar-refractivity contribution in [1.82, 2.24) is 10.4 Å². The molecule has 0 spiro atoms. The van der Waals surface area contributed by atoms with Gasteiger partial charge < -0.3 is 15.2 Å². The number of rotatable bonds is 5. The average molecular weight is 268 g/mol. The van der Waals surface area contributed by atoms with Gasteiger partial charge >= 0.3 is 12.0 Å². The second kappa shape index (κ2) is 7.34. The topological polar surface area (TPSA) is 99.1 Å². The Hall–Kier alpha value is -2.12. The highest BCUT2D eigenvalue weighted by Gasteiger charge is 2.12. The van der Waals surface area contributed by atoms with Crippen LogP contribution in [0.15, 0.2) is 30.3 Å². The first kappa shape index (κ1) is 14.9. The Kier molecular flexibility index (Phi) is 5.77. The standard InChI is InChI=1S/C12H16N2O5/c1-14(18)12(17)13-7-10(15)8-19-11(16)9-5-3-2-4-6-9/h2-6,10,15,18H,7-8H2,1H3,(H,13,17). The van der Waals surface area contributed by atoms with Crippen LogP contribution in [0.5, 0.6) is 0 Å². The molecule has 1 unspecified atom stereocenters. The van der Waals surface area contributed by atoms with Crippen molar-refractivity contribution in [2.45, 2.75) is 6.10 Å². The van der Waals surface area contributed by atoms with Gasteiger partial charge in [-0.3, -0.25) is 5.21 Å². The Balaban J connectivity index is 2.29. The lowest BCUT2D eigenvalue weighted by molar-refractivity contribution is -0.0204. The van der Waals surface area contributed by atoms with Crippen molar-refractivity contribution in [3.63, 3.8) is 0 Å². The number of carbonyl (C=O) groups is 2. The lowest BCUT2D eigenvalue weighted by atomic mass is 10.2. The first-order valence-corrected chi connectivity index (χ1v) is 5.61. The molecule has 1 aromatic carbocycles. The molecule has 0 radical (unpaired) electrons. The van der Waals surface area contributed by atoms with Crippen molar-refractivity contribution < 1.29 is 24.6 Å². The third-order valence-corrected chi connectivity index (χ3v) is 2.20. The Labute approximate surface area is 110 Å². The van der Waals surface area contributed by atoms with Crippen LogP contribution in [0.25, 0.3) is 0 Å². The minimum atomic E-state index is -1.04. The van der Waals surface area contributed by atoms with Crippen molar-refractivity contribution in [2.24, 2.45) is 0 Å². The van der Waals surface area contributed by atoms with E-state index in [0.717, 1.165) is 7.05 Å². The fraction of sp³-hybridized carbons (Fsp3) is 0.333. The van der Waals surface area contributed by atoms with Crippen LogP contribution in [0.1, 0.15) is 10.4 Å². The number of hydrogen-bond acceptors (Lipinski definition) is 5. The number of ether oxygens (including phenoxy) is 1. The lowest BCUT2D eigenvalue weighted by Crippen LogP contribution is -2.40. The van der Waals surface area contributed by atoms with Gasteiger partial charge in [0.25, 0.3) is 0 Å². The molecule has 2 amide bonds. The number of esters is 1. The highest BCUT2D eigenvalue weighted by atomic mass is 16.5. The third-order valence-electron chi connectivity index (χ3n) is 2.20. The maximum absolute atomic E-state index is 11.5. The molecule has 0 saturated heterocycles. The monoisotopic (exact) mass is 268 g/mol. The van der Waals surface area contributed by atoms with E-state index in [1.807, 2.05) is 0 Å². The summed E-state index contributed by atoms with van der Waals surface area (Å²) in [5.41, 5.74) is 0.383. The molecule has 0 bridgehead atoms. The molecule has 0 aliphatic rings. The van der Waals surface area contributed by atoms with E-state index in [0.29, 0.717) is 10.6 Å². The van der Waals surface area contributed by atoms with Crippen molar-refractivity contribution in [3.05, 3.63) is 35.9 Å². The minimum Gasteiger partial charge on any atom is -0.459 e. The molecule has 0 fully saturated rings. The summed E-state index contributed by atoms with van der Waals surface area (Å²) in [6, 6.07) is 7.60. The van der Waals surface area contributed by atoms with Crippen molar-refractivity contribution >= 4 is 12.0 Å². The van der Waals surface area contributed by atoms with E-state index < -0.39 is 18.1 Å². The number of carbonyl (C=O) groups excluding carboxylic acids is 2. The quantitative estimate of drug-likeness (QED) is 0.403. The van der Waals surface area contributed by atoms with Gasteiger partial charge in [-0.05, 0) is 12.1 Å². The number of aliphatic hydroxyl groups is 1. The van der Waals surface area contributed by atoms with Gasteiger partial charge in [0.05, 0.1) is 5.56 Å². The largest absolute Gasteiger partial charge is 0.459 e. The van der Waals surface area contributed by atoms with Crippen LogP contribution in [0.2, 0.25) is 0 Å². The third kappa shape index (κ3) is 5.36. The van der Waals surface area contributed by atoms with Gasteiger partial charge in [-0.25, -0.2) is 14.7 Å². The van der Waals surface area contributed by atoms with Gasteiger partial charge in [-0.2, -0.15) is 0 Å². The van der Waals surface area contributed by atoms with Crippen LogP contribution in [0.4, 0.5) is 4.79 Å². The lowest BCUT2D eigenvalue weighted by Gasteiger charge is -2.14. The number of amides is 2. The van der Waals surface area contributed by atoms with Gasteiger partial charge in [0.1, 0.15) is 12.7 Å². The van der Waals surface area contributed by atoms with Crippen molar-refractivity contribution in [1.29, 1.82) is 0 Å². The van der Waals surface area contributed by atoms with E-state index in [4.69, 9.17) is 9.94 Å². The summed E-state index contributed by atoms with van der Waals surface area (Å²) in [7, 11) is 1.15. The molecule has 0 aliphatic carbocycles. The molecule has 104 valence electrons. The molecule has 1 atom stereocenters. The Morgan fingerprint density at radius 3 is 2.58 bits per heavy atom. The average Bonchev–Trinajstić information content (AvgIpc) is 2.42. The van der Waals surface area contributed by atoms with Crippen LogP contribution in [0.3, 0.4) is 0 Å².